The lowest BCUT2D eigenvalue weighted by atomic mass is 10.1. The predicted molar refractivity (Wildman–Crippen MR) is 83.8 cm³/mol. The Morgan fingerprint density at radius 2 is 2.16 bits per heavy atom. The molecule has 1 aliphatic heterocycles. The SMILES string of the molecule is CNC(C)c1ccc(N2CC(C)OCC2C)c(Br)c1. The van der Waals surface area contributed by atoms with Crippen LogP contribution in [0, 0.1) is 0 Å². The van der Waals surface area contributed by atoms with Crippen LogP contribution in [0.3, 0.4) is 0 Å². The van der Waals surface area contributed by atoms with E-state index in [1.807, 2.05) is 7.05 Å². The molecular formula is C15H23BrN2O. The van der Waals surface area contributed by atoms with Crippen LogP contribution < -0.4 is 10.2 Å². The molecule has 106 valence electrons. The number of benzene rings is 1. The molecule has 1 N–H and O–H groups in total. The number of halogens is 1. The van der Waals surface area contributed by atoms with Gasteiger partial charge in [0.05, 0.1) is 18.4 Å². The summed E-state index contributed by atoms with van der Waals surface area (Å²) in [6.07, 6.45) is 0.291. The highest BCUT2D eigenvalue weighted by Gasteiger charge is 2.25. The molecule has 0 spiro atoms. The van der Waals surface area contributed by atoms with Crippen LogP contribution in [0.1, 0.15) is 32.4 Å². The van der Waals surface area contributed by atoms with Gasteiger partial charge in [-0.2, -0.15) is 0 Å². The fourth-order valence-electron chi connectivity index (χ4n) is 2.43. The van der Waals surface area contributed by atoms with E-state index >= 15 is 0 Å². The lowest BCUT2D eigenvalue weighted by molar-refractivity contribution is 0.0343. The third-order valence-electron chi connectivity index (χ3n) is 3.82. The summed E-state index contributed by atoms with van der Waals surface area (Å²) in [6, 6.07) is 7.41. The zero-order chi connectivity index (χ0) is 14.0. The highest BCUT2D eigenvalue weighted by atomic mass is 79.9. The van der Waals surface area contributed by atoms with E-state index in [0.717, 1.165) is 17.6 Å². The maximum Gasteiger partial charge on any atom is 0.0723 e. The molecule has 1 aromatic rings. The van der Waals surface area contributed by atoms with Gasteiger partial charge in [0.2, 0.25) is 0 Å². The van der Waals surface area contributed by atoms with Gasteiger partial charge in [-0.1, -0.05) is 6.07 Å². The van der Waals surface area contributed by atoms with Crippen LogP contribution in [0.25, 0.3) is 0 Å². The Labute approximate surface area is 124 Å². The minimum absolute atomic E-state index is 0.291. The molecule has 0 aliphatic carbocycles. The van der Waals surface area contributed by atoms with Crippen molar-refractivity contribution in [3.63, 3.8) is 0 Å². The molecule has 1 aliphatic rings. The molecule has 1 saturated heterocycles. The van der Waals surface area contributed by atoms with Crippen molar-refractivity contribution in [2.75, 3.05) is 25.1 Å². The number of nitrogens with one attached hydrogen (secondary N) is 1. The fourth-order valence-corrected chi connectivity index (χ4v) is 3.06. The van der Waals surface area contributed by atoms with E-state index in [1.54, 1.807) is 0 Å². The van der Waals surface area contributed by atoms with Crippen molar-refractivity contribution >= 4 is 21.6 Å². The third-order valence-corrected chi connectivity index (χ3v) is 4.46. The lowest BCUT2D eigenvalue weighted by Gasteiger charge is -2.39. The molecule has 19 heavy (non-hydrogen) atoms. The van der Waals surface area contributed by atoms with Crippen LogP contribution >= 0.6 is 15.9 Å². The average Bonchev–Trinajstić information content (AvgIpc) is 2.41. The van der Waals surface area contributed by atoms with Crippen LogP contribution in [0.2, 0.25) is 0 Å². The summed E-state index contributed by atoms with van der Waals surface area (Å²) in [4.78, 5) is 2.42. The summed E-state index contributed by atoms with van der Waals surface area (Å²) in [5.41, 5.74) is 2.56. The summed E-state index contributed by atoms with van der Waals surface area (Å²) in [6.45, 7) is 8.25. The molecule has 3 unspecified atom stereocenters. The van der Waals surface area contributed by atoms with E-state index in [4.69, 9.17) is 4.74 Å². The Morgan fingerprint density at radius 1 is 1.42 bits per heavy atom. The van der Waals surface area contributed by atoms with E-state index in [1.165, 1.54) is 11.3 Å². The summed E-state index contributed by atoms with van der Waals surface area (Å²) >= 11 is 3.72. The first-order valence-electron chi connectivity index (χ1n) is 6.88. The van der Waals surface area contributed by atoms with Crippen molar-refractivity contribution in [1.29, 1.82) is 0 Å². The molecule has 0 amide bonds. The molecule has 0 bridgehead atoms. The van der Waals surface area contributed by atoms with E-state index in [0.29, 0.717) is 18.2 Å². The molecule has 1 fully saturated rings. The van der Waals surface area contributed by atoms with Crippen LogP contribution in [0.15, 0.2) is 22.7 Å². The van der Waals surface area contributed by atoms with E-state index in [2.05, 4.69) is 65.1 Å². The molecular weight excluding hydrogens is 304 g/mol. The standard InChI is InChI=1S/C15H23BrN2O/c1-10-9-19-11(2)8-18(10)15-6-5-13(7-14(15)16)12(3)17-4/h5-7,10-12,17H,8-9H2,1-4H3. The Balaban J connectivity index is 2.25. The Hall–Kier alpha value is -0.580. The second kappa shape index (κ2) is 6.25. The molecule has 1 heterocycles. The summed E-state index contributed by atoms with van der Waals surface area (Å²) in [5, 5.41) is 3.27. The second-order valence-corrected chi connectivity index (χ2v) is 6.22. The van der Waals surface area contributed by atoms with Crippen molar-refractivity contribution in [2.24, 2.45) is 0 Å². The smallest absolute Gasteiger partial charge is 0.0723 e. The number of ether oxygens (including phenoxy) is 1. The largest absolute Gasteiger partial charge is 0.375 e. The molecule has 2 rings (SSSR count). The van der Waals surface area contributed by atoms with Crippen molar-refractivity contribution < 1.29 is 4.74 Å². The molecule has 1 aromatic carbocycles. The van der Waals surface area contributed by atoms with Crippen molar-refractivity contribution in [1.82, 2.24) is 5.32 Å². The van der Waals surface area contributed by atoms with Gasteiger partial charge in [-0.25, -0.2) is 0 Å². The second-order valence-electron chi connectivity index (χ2n) is 5.37. The van der Waals surface area contributed by atoms with Crippen LogP contribution in [0.5, 0.6) is 0 Å². The van der Waals surface area contributed by atoms with Gasteiger partial charge in [-0.3, -0.25) is 0 Å². The highest BCUT2D eigenvalue weighted by molar-refractivity contribution is 9.10. The van der Waals surface area contributed by atoms with Gasteiger partial charge < -0.3 is 15.0 Å². The van der Waals surface area contributed by atoms with Gasteiger partial charge in [0.25, 0.3) is 0 Å². The molecule has 3 atom stereocenters. The minimum atomic E-state index is 0.291. The maximum atomic E-state index is 5.69. The zero-order valence-electron chi connectivity index (χ0n) is 12.1. The summed E-state index contributed by atoms with van der Waals surface area (Å²) < 4.78 is 6.85. The molecule has 0 aromatic heterocycles. The predicted octanol–water partition coefficient (Wildman–Crippen LogP) is 3.34. The number of nitrogens with zero attached hydrogens (tertiary/aromatic N) is 1. The van der Waals surface area contributed by atoms with Gasteiger partial charge in [-0.05, 0) is 61.4 Å². The van der Waals surface area contributed by atoms with Gasteiger partial charge in [-0.15, -0.1) is 0 Å². The number of hydrogen-bond acceptors (Lipinski definition) is 3. The number of anilines is 1. The van der Waals surface area contributed by atoms with E-state index < -0.39 is 0 Å². The topological polar surface area (TPSA) is 24.5 Å². The first kappa shape index (κ1) is 14.8. The lowest BCUT2D eigenvalue weighted by Crippen LogP contribution is -2.47. The highest BCUT2D eigenvalue weighted by Crippen LogP contribution is 2.32. The van der Waals surface area contributed by atoms with E-state index in [9.17, 15) is 0 Å². The first-order chi connectivity index (χ1) is 9.02. The summed E-state index contributed by atoms with van der Waals surface area (Å²) in [7, 11) is 1.98. The van der Waals surface area contributed by atoms with Crippen LogP contribution in [0.4, 0.5) is 5.69 Å². The molecule has 0 radical (unpaired) electrons. The number of rotatable bonds is 3. The van der Waals surface area contributed by atoms with Crippen molar-refractivity contribution in [2.45, 2.75) is 39.0 Å². The Bertz CT molecular complexity index is 438. The number of hydrogen-bond donors (Lipinski definition) is 1. The van der Waals surface area contributed by atoms with Gasteiger partial charge in [0.15, 0.2) is 0 Å². The first-order valence-corrected chi connectivity index (χ1v) is 7.67. The molecule has 3 nitrogen and oxygen atoms in total. The van der Waals surface area contributed by atoms with Crippen molar-refractivity contribution in [3.05, 3.63) is 28.2 Å². The Kier molecular flexibility index (Phi) is 4.87. The quantitative estimate of drug-likeness (QED) is 0.921. The fraction of sp³-hybridized carbons (Fsp3) is 0.600. The van der Waals surface area contributed by atoms with Crippen LogP contribution in [-0.2, 0) is 4.74 Å². The minimum Gasteiger partial charge on any atom is -0.375 e. The third kappa shape index (κ3) is 3.30. The molecule has 4 heteroatoms. The van der Waals surface area contributed by atoms with Gasteiger partial charge in [0, 0.05) is 23.1 Å². The van der Waals surface area contributed by atoms with Crippen LogP contribution in [-0.4, -0.2) is 32.3 Å². The zero-order valence-corrected chi connectivity index (χ0v) is 13.7. The normalized spacial score (nSPS) is 25.4. The summed E-state index contributed by atoms with van der Waals surface area (Å²) in [5.74, 6) is 0. The van der Waals surface area contributed by atoms with Crippen molar-refractivity contribution in [3.8, 4) is 0 Å². The maximum absolute atomic E-state index is 5.69. The van der Waals surface area contributed by atoms with E-state index in [-0.39, 0.29) is 0 Å². The Morgan fingerprint density at radius 3 is 2.79 bits per heavy atom. The van der Waals surface area contributed by atoms with Gasteiger partial charge in [0.1, 0.15) is 0 Å². The number of morpholine rings is 1. The average molecular weight is 327 g/mol. The monoisotopic (exact) mass is 326 g/mol. The molecule has 0 saturated carbocycles. The van der Waals surface area contributed by atoms with Gasteiger partial charge >= 0.3 is 0 Å².